The molecule has 6 nitrogen and oxygen atoms in total. The Morgan fingerprint density at radius 1 is 1.12 bits per heavy atom. The van der Waals surface area contributed by atoms with Crippen LogP contribution in [0, 0.1) is 12.7 Å². The van der Waals surface area contributed by atoms with Gasteiger partial charge in [0.2, 0.25) is 0 Å². The molecule has 1 fully saturated rings. The second-order valence-corrected chi connectivity index (χ2v) is 8.26. The van der Waals surface area contributed by atoms with E-state index in [1.807, 2.05) is 35.8 Å². The summed E-state index contributed by atoms with van der Waals surface area (Å²) in [6, 6.07) is 14.3. The molecule has 1 saturated heterocycles. The highest BCUT2D eigenvalue weighted by Gasteiger charge is 2.37. The lowest BCUT2D eigenvalue weighted by molar-refractivity contribution is -0.145. The molecule has 1 aliphatic heterocycles. The van der Waals surface area contributed by atoms with Gasteiger partial charge in [-0.1, -0.05) is 36.4 Å². The van der Waals surface area contributed by atoms with Crippen LogP contribution in [-0.4, -0.2) is 39.7 Å². The fraction of sp³-hybridized carbons (Fsp3) is 0.208. The van der Waals surface area contributed by atoms with E-state index in [1.165, 1.54) is 6.07 Å². The summed E-state index contributed by atoms with van der Waals surface area (Å²) in [4.78, 5) is 38.0. The minimum absolute atomic E-state index is 0.172. The molecule has 0 radical (unpaired) electrons. The Balaban J connectivity index is 1.73. The van der Waals surface area contributed by atoms with Gasteiger partial charge < -0.3 is 9.30 Å². The third-order valence-electron chi connectivity index (χ3n) is 5.31. The number of fused-ring (bicyclic) bond motifs is 1. The summed E-state index contributed by atoms with van der Waals surface area (Å²) in [5.74, 6) is -1.45. The standard InChI is InChI=1S/C24H21FN2O4S/c1-3-31-22(28)14-27-23(29)21(32-24(27)30)12-18-15(2)26(20-11-7-5-9-17(18)20)13-16-8-4-6-10-19(16)25/h4-12H,3,13-14H2,1-2H3/b21-12+. The zero-order valence-corrected chi connectivity index (χ0v) is 18.4. The van der Waals surface area contributed by atoms with Gasteiger partial charge in [-0.25, -0.2) is 4.39 Å². The number of para-hydroxylation sites is 1. The van der Waals surface area contributed by atoms with E-state index < -0.39 is 23.7 Å². The molecule has 0 N–H and O–H groups in total. The van der Waals surface area contributed by atoms with Crippen molar-refractivity contribution in [2.24, 2.45) is 0 Å². The Morgan fingerprint density at radius 2 is 1.84 bits per heavy atom. The van der Waals surface area contributed by atoms with Crippen LogP contribution in [0.25, 0.3) is 17.0 Å². The smallest absolute Gasteiger partial charge is 0.326 e. The number of hydrogen-bond acceptors (Lipinski definition) is 5. The molecule has 2 heterocycles. The summed E-state index contributed by atoms with van der Waals surface area (Å²) in [5.41, 5.74) is 3.06. The Bertz CT molecular complexity index is 1260. The van der Waals surface area contributed by atoms with Crippen molar-refractivity contribution in [1.82, 2.24) is 9.47 Å². The zero-order chi connectivity index (χ0) is 22.8. The quantitative estimate of drug-likeness (QED) is 0.399. The summed E-state index contributed by atoms with van der Waals surface area (Å²) in [5, 5.41) is 0.376. The summed E-state index contributed by atoms with van der Waals surface area (Å²) in [6.07, 6.45) is 1.67. The SMILES string of the molecule is CCOC(=O)CN1C(=O)S/C(=C/c2c(C)n(Cc3ccccc3F)c3ccccc23)C1=O. The molecule has 0 unspecified atom stereocenters. The second kappa shape index (κ2) is 9.00. The van der Waals surface area contributed by atoms with E-state index in [4.69, 9.17) is 4.74 Å². The molecule has 1 aromatic heterocycles. The minimum Gasteiger partial charge on any atom is -0.465 e. The van der Waals surface area contributed by atoms with Crippen LogP contribution in [0.4, 0.5) is 9.18 Å². The molecule has 0 aliphatic carbocycles. The molecular formula is C24H21FN2O4S. The van der Waals surface area contributed by atoms with Crippen LogP contribution in [0.15, 0.2) is 53.4 Å². The topological polar surface area (TPSA) is 68.6 Å². The maximum Gasteiger partial charge on any atom is 0.326 e. The lowest BCUT2D eigenvalue weighted by Crippen LogP contribution is -2.34. The van der Waals surface area contributed by atoms with Crippen LogP contribution in [0.2, 0.25) is 0 Å². The number of hydrogen-bond donors (Lipinski definition) is 0. The van der Waals surface area contributed by atoms with Gasteiger partial charge in [-0.2, -0.15) is 0 Å². The number of imide groups is 1. The molecular weight excluding hydrogens is 431 g/mol. The van der Waals surface area contributed by atoms with Gasteiger partial charge >= 0.3 is 5.97 Å². The van der Waals surface area contributed by atoms with Crippen molar-refractivity contribution in [3.63, 3.8) is 0 Å². The molecule has 0 bridgehead atoms. The van der Waals surface area contributed by atoms with Gasteiger partial charge in [-0.05, 0) is 43.8 Å². The third kappa shape index (κ3) is 4.05. The summed E-state index contributed by atoms with van der Waals surface area (Å²) in [7, 11) is 0. The maximum atomic E-state index is 14.3. The number of thioether (sulfide) groups is 1. The lowest BCUT2D eigenvalue weighted by atomic mass is 10.1. The molecule has 2 aromatic carbocycles. The van der Waals surface area contributed by atoms with E-state index in [2.05, 4.69) is 0 Å². The number of esters is 1. The number of carbonyl (C=O) groups excluding carboxylic acids is 3. The fourth-order valence-electron chi connectivity index (χ4n) is 3.74. The van der Waals surface area contributed by atoms with Gasteiger partial charge in [0, 0.05) is 27.7 Å². The fourth-order valence-corrected chi connectivity index (χ4v) is 4.56. The molecule has 0 atom stereocenters. The lowest BCUT2D eigenvalue weighted by Gasteiger charge is -2.10. The van der Waals surface area contributed by atoms with Crippen LogP contribution in [0.1, 0.15) is 23.7 Å². The van der Waals surface area contributed by atoms with Crippen LogP contribution >= 0.6 is 11.8 Å². The Morgan fingerprint density at radius 3 is 2.59 bits per heavy atom. The Kier molecular flexibility index (Phi) is 6.14. The van der Waals surface area contributed by atoms with Crippen molar-refractivity contribution in [2.75, 3.05) is 13.2 Å². The maximum absolute atomic E-state index is 14.3. The van der Waals surface area contributed by atoms with E-state index in [9.17, 15) is 18.8 Å². The first kappa shape index (κ1) is 21.8. The first-order valence-corrected chi connectivity index (χ1v) is 10.9. The van der Waals surface area contributed by atoms with E-state index in [-0.39, 0.29) is 17.3 Å². The van der Waals surface area contributed by atoms with Crippen LogP contribution in [0.3, 0.4) is 0 Å². The molecule has 4 rings (SSSR count). The number of halogens is 1. The molecule has 0 saturated carbocycles. The predicted molar refractivity (Wildman–Crippen MR) is 121 cm³/mol. The first-order valence-electron chi connectivity index (χ1n) is 10.1. The van der Waals surface area contributed by atoms with Crippen molar-refractivity contribution in [1.29, 1.82) is 0 Å². The average Bonchev–Trinajstić information content (AvgIpc) is 3.19. The van der Waals surface area contributed by atoms with Crippen LogP contribution < -0.4 is 0 Å². The van der Waals surface area contributed by atoms with Gasteiger partial charge in [0.25, 0.3) is 11.1 Å². The predicted octanol–water partition coefficient (Wildman–Crippen LogP) is 4.74. The monoisotopic (exact) mass is 452 g/mol. The normalized spacial score (nSPS) is 15.2. The largest absolute Gasteiger partial charge is 0.465 e. The van der Waals surface area contributed by atoms with Gasteiger partial charge in [-0.15, -0.1) is 0 Å². The average molecular weight is 453 g/mol. The summed E-state index contributed by atoms with van der Waals surface area (Å²) < 4.78 is 21.1. The Hall–Kier alpha value is -3.39. The number of aromatic nitrogens is 1. The van der Waals surface area contributed by atoms with E-state index in [1.54, 1.807) is 31.2 Å². The highest BCUT2D eigenvalue weighted by Crippen LogP contribution is 2.35. The molecule has 164 valence electrons. The van der Waals surface area contributed by atoms with Crippen LogP contribution in [0.5, 0.6) is 0 Å². The molecule has 32 heavy (non-hydrogen) atoms. The molecule has 3 aromatic rings. The van der Waals surface area contributed by atoms with Gasteiger partial charge in [0.05, 0.1) is 18.1 Å². The molecule has 8 heteroatoms. The molecule has 0 spiro atoms. The van der Waals surface area contributed by atoms with Crippen molar-refractivity contribution < 1.29 is 23.5 Å². The number of nitrogens with zero attached hydrogens (tertiary/aromatic N) is 2. The highest BCUT2D eigenvalue weighted by molar-refractivity contribution is 8.18. The molecule has 1 aliphatic rings. The van der Waals surface area contributed by atoms with Crippen molar-refractivity contribution in [3.05, 3.63) is 76.1 Å². The molecule has 2 amide bonds. The van der Waals surface area contributed by atoms with Crippen LogP contribution in [-0.2, 0) is 20.9 Å². The number of benzene rings is 2. The van der Waals surface area contributed by atoms with E-state index >= 15 is 0 Å². The number of amides is 2. The van der Waals surface area contributed by atoms with Gasteiger partial charge in [0.1, 0.15) is 12.4 Å². The van der Waals surface area contributed by atoms with Crippen molar-refractivity contribution >= 4 is 45.9 Å². The van der Waals surface area contributed by atoms with E-state index in [0.717, 1.165) is 38.8 Å². The zero-order valence-electron chi connectivity index (χ0n) is 17.6. The Labute approximate surface area is 188 Å². The van der Waals surface area contributed by atoms with Gasteiger partial charge in [0.15, 0.2) is 0 Å². The summed E-state index contributed by atoms with van der Waals surface area (Å²) in [6.45, 7) is 3.65. The highest BCUT2D eigenvalue weighted by atomic mass is 32.2. The van der Waals surface area contributed by atoms with Gasteiger partial charge in [-0.3, -0.25) is 19.3 Å². The number of ether oxygens (including phenoxy) is 1. The second-order valence-electron chi connectivity index (χ2n) is 7.27. The number of carbonyl (C=O) groups is 3. The number of rotatable bonds is 6. The first-order chi connectivity index (χ1) is 15.4. The van der Waals surface area contributed by atoms with E-state index in [0.29, 0.717) is 12.1 Å². The minimum atomic E-state index is -0.631. The third-order valence-corrected chi connectivity index (χ3v) is 6.21. The van der Waals surface area contributed by atoms with Crippen molar-refractivity contribution in [2.45, 2.75) is 20.4 Å². The summed E-state index contributed by atoms with van der Waals surface area (Å²) >= 11 is 0.791. The van der Waals surface area contributed by atoms with Crippen molar-refractivity contribution in [3.8, 4) is 0 Å².